The molecule has 3 rings (SSSR count). The first kappa shape index (κ1) is 17.3. The maximum Gasteiger partial charge on any atom is 0.201 e. The highest BCUT2D eigenvalue weighted by Crippen LogP contribution is 2.32. The van der Waals surface area contributed by atoms with E-state index in [0.717, 1.165) is 41.2 Å². The molecule has 1 heterocycles. The van der Waals surface area contributed by atoms with Gasteiger partial charge in [0.1, 0.15) is 5.75 Å². The van der Waals surface area contributed by atoms with Crippen molar-refractivity contribution in [2.75, 3.05) is 6.61 Å². The molecule has 1 aliphatic heterocycles. The summed E-state index contributed by atoms with van der Waals surface area (Å²) in [5.74, 6) is 2.37. The number of thioether (sulfide) groups is 1. The second kappa shape index (κ2) is 7.56. The van der Waals surface area contributed by atoms with E-state index >= 15 is 0 Å². The van der Waals surface area contributed by atoms with Crippen molar-refractivity contribution in [3.8, 4) is 5.75 Å². The van der Waals surface area contributed by atoms with E-state index in [0.29, 0.717) is 10.8 Å². The predicted octanol–water partition coefficient (Wildman–Crippen LogP) is 4.77. The van der Waals surface area contributed by atoms with Gasteiger partial charge in [0, 0.05) is 0 Å². The summed E-state index contributed by atoms with van der Waals surface area (Å²) in [5.41, 5.74) is 2.01. The molecule has 0 spiro atoms. The van der Waals surface area contributed by atoms with Crippen LogP contribution in [-0.2, 0) is 9.59 Å². The molecule has 4 heteroatoms. The minimum absolute atomic E-state index is 0.0245. The SMILES string of the molecule is Cc1cc(/C=C2\SC(=O)CC2=O)ccc1OCC1CCC(C)CC1. The number of rotatable bonds is 4. The Kier molecular flexibility index (Phi) is 5.44. The van der Waals surface area contributed by atoms with Crippen molar-refractivity contribution in [1.82, 2.24) is 0 Å². The summed E-state index contributed by atoms with van der Waals surface area (Å²) in [6.45, 7) is 5.14. The Morgan fingerprint density at radius 1 is 1.21 bits per heavy atom. The molecule has 0 N–H and O–H groups in total. The van der Waals surface area contributed by atoms with E-state index in [1.54, 1.807) is 6.08 Å². The molecule has 1 aliphatic carbocycles. The highest BCUT2D eigenvalue weighted by atomic mass is 32.2. The average molecular weight is 344 g/mol. The van der Waals surface area contributed by atoms with Crippen molar-refractivity contribution in [1.29, 1.82) is 0 Å². The molecule has 3 nitrogen and oxygen atoms in total. The van der Waals surface area contributed by atoms with Crippen molar-refractivity contribution in [2.24, 2.45) is 11.8 Å². The Bertz CT molecular complexity index is 669. The maximum atomic E-state index is 11.7. The molecule has 0 radical (unpaired) electrons. The highest BCUT2D eigenvalue weighted by Gasteiger charge is 2.25. The number of aryl methyl sites for hydroxylation is 1. The van der Waals surface area contributed by atoms with E-state index in [1.807, 2.05) is 25.1 Å². The molecule has 0 bridgehead atoms. The van der Waals surface area contributed by atoms with Gasteiger partial charge in [-0.2, -0.15) is 0 Å². The molecule has 1 saturated carbocycles. The monoisotopic (exact) mass is 344 g/mol. The Balaban J connectivity index is 1.61. The number of benzene rings is 1. The van der Waals surface area contributed by atoms with Crippen LogP contribution < -0.4 is 4.74 Å². The van der Waals surface area contributed by atoms with Gasteiger partial charge < -0.3 is 4.74 Å². The largest absolute Gasteiger partial charge is 0.493 e. The van der Waals surface area contributed by atoms with Crippen molar-refractivity contribution in [3.05, 3.63) is 34.2 Å². The molecule has 0 unspecified atom stereocenters. The molecule has 24 heavy (non-hydrogen) atoms. The first-order valence-electron chi connectivity index (χ1n) is 8.70. The van der Waals surface area contributed by atoms with E-state index in [9.17, 15) is 9.59 Å². The number of hydrogen-bond acceptors (Lipinski definition) is 4. The zero-order valence-electron chi connectivity index (χ0n) is 14.3. The Morgan fingerprint density at radius 3 is 2.58 bits per heavy atom. The maximum absolute atomic E-state index is 11.7. The van der Waals surface area contributed by atoms with Crippen LogP contribution in [0, 0.1) is 18.8 Å². The molecule has 0 amide bonds. The summed E-state index contributed by atoms with van der Waals surface area (Å²) in [4.78, 5) is 23.6. The average Bonchev–Trinajstić information content (AvgIpc) is 2.86. The van der Waals surface area contributed by atoms with Crippen LogP contribution in [0.5, 0.6) is 5.75 Å². The Morgan fingerprint density at radius 2 is 1.96 bits per heavy atom. The van der Waals surface area contributed by atoms with Gasteiger partial charge in [-0.05, 0) is 72.7 Å². The number of carbonyl (C=O) groups excluding carboxylic acids is 2. The van der Waals surface area contributed by atoms with Crippen LogP contribution >= 0.6 is 11.8 Å². The first-order valence-corrected chi connectivity index (χ1v) is 9.52. The second-order valence-electron chi connectivity index (χ2n) is 7.04. The fourth-order valence-electron chi connectivity index (χ4n) is 3.32. The van der Waals surface area contributed by atoms with Crippen LogP contribution in [0.25, 0.3) is 6.08 Å². The molecule has 128 valence electrons. The predicted molar refractivity (Wildman–Crippen MR) is 98.0 cm³/mol. The normalized spacial score (nSPS) is 26.2. The van der Waals surface area contributed by atoms with Gasteiger partial charge >= 0.3 is 0 Å². The number of allylic oxidation sites excluding steroid dienone is 1. The van der Waals surface area contributed by atoms with Gasteiger partial charge in [0.15, 0.2) is 5.78 Å². The van der Waals surface area contributed by atoms with Crippen molar-refractivity contribution < 1.29 is 14.3 Å². The van der Waals surface area contributed by atoms with Gasteiger partial charge in [-0.1, -0.05) is 25.8 Å². The van der Waals surface area contributed by atoms with Crippen LogP contribution in [0.3, 0.4) is 0 Å². The third-order valence-corrected chi connectivity index (χ3v) is 5.85. The number of Topliss-reactive ketones (excluding diaryl/α,β-unsaturated/α-hetero) is 1. The zero-order chi connectivity index (χ0) is 17.1. The lowest BCUT2D eigenvalue weighted by Crippen LogP contribution is -2.19. The quantitative estimate of drug-likeness (QED) is 0.583. The highest BCUT2D eigenvalue weighted by molar-refractivity contribution is 8.18. The molecule has 0 atom stereocenters. The Labute approximate surface area is 147 Å². The molecule has 2 fully saturated rings. The molecule has 1 aromatic carbocycles. The van der Waals surface area contributed by atoms with Gasteiger partial charge in [0.25, 0.3) is 0 Å². The molecule has 2 aliphatic rings. The lowest BCUT2D eigenvalue weighted by molar-refractivity contribution is -0.119. The van der Waals surface area contributed by atoms with E-state index in [4.69, 9.17) is 4.74 Å². The number of ether oxygens (including phenoxy) is 1. The lowest BCUT2D eigenvalue weighted by atomic mass is 9.83. The molecular formula is C20H24O3S. The van der Waals surface area contributed by atoms with E-state index < -0.39 is 0 Å². The van der Waals surface area contributed by atoms with Gasteiger partial charge in [0.2, 0.25) is 5.12 Å². The van der Waals surface area contributed by atoms with Crippen LogP contribution in [-0.4, -0.2) is 17.5 Å². The summed E-state index contributed by atoms with van der Waals surface area (Å²) in [5, 5.41) is -0.0651. The zero-order valence-corrected chi connectivity index (χ0v) is 15.2. The molecule has 1 aromatic rings. The minimum atomic E-state index is -0.0745. The minimum Gasteiger partial charge on any atom is -0.493 e. The fourth-order valence-corrected chi connectivity index (χ4v) is 4.15. The van der Waals surface area contributed by atoms with Crippen LogP contribution in [0.15, 0.2) is 23.1 Å². The number of ketones is 1. The lowest BCUT2D eigenvalue weighted by Gasteiger charge is -2.26. The van der Waals surface area contributed by atoms with Gasteiger partial charge in [-0.25, -0.2) is 0 Å². The summed E-state index contributed by atoms with van der Waals surface area (Å²) >= 11 is 1.05. The number of hydrogen-bond donors (Lipinski definition) is 0. The third-order valence-electron chi connectivity index (χ3n) is 4.91. The van der Waals surface area contributed by atoms with E-state index in [-0.39, 0.29) is 17.3 Å². The first-order chi connectivity index (χ1) is 11.5. The number of carbonyl (C=O) groups is 2. The van der Waals surface area contributed by atoms with Crippen molar-refractivity contribution >= 4 is 28.7 Å². The van der Waals surface area contributed by atoms with Gasteiger partial charge in [-0.3, -0.25) is 9.59 Å². The fraction of sp³-hybridized carbons (Fsp3) is 0.500. The van der Waals surface area contributed by atoms with E-state index in [1.165, 1.54) is 25.7 Å². The van der Waals surface area contributed by atoms with Crippen LogP contribution in [0.2, 0.25) is 0 Å². The molecule has 1 saturated heterocycles. The molecule has 0 aromatic heterocycles. The summed E-state index contributed by atoms with van der Waals surface area (Å²) < 4.78 is 6.03. The van der Waals surface area contributed by atoms with Gasteiger partial charge in [0.05, 0.1) is 17.9 Å². The van der Waals surface area contributed by atoms with Crippen molar-refractivity contribution in [3.63, 3.8) is 0 Å². The summed E-state index contributed by atoms with van der Waals surface area (Å²) in [6, 6.07) is 5.94. The standard InChI is InChI=1S/C20H24O3S/c1-13-3-5-15(6-4-13)12-23-18-8-7-16(9-14(18)2)10-19-17(21)11-20(22)24-19/h7-10,13,15H,3-6,11-12H2,1-2H3/b19-10-. The third kappa shape index (κ3) is 4.29. The summed E-state index contributed by atoms with van der Waals surface area (Å²) in [7, 11) is 0. The van der Waals surface area contributed by atoms with Crippen molar-refractivity contribution in [2.45, 2.75) is 46.0 Å². The smallest absolute Gasteiger partial charge is 0.201 e. The van der Waals surface area contributed by atoms with Gasteiger partial charge in [-0.15, -0.1) is 0 Å². The molecular weight excluding hydrogens is 320 g/mol. The second-order valence-corrected chi connectivity index (χ2v) is 8.14. The van der Waals surface area contributed by atoms with Crippen LogP contribution in [0.4, 0.5) is 0 Å². The summed E-state index contributed by atoms with van der Waals surface area (Å²) in [6.07, 6.45) is 6.97. The van der Waals surface area contributed by atoms with Crippen LogP contribution in [0.1, 0.15) is 50.2 Å². The topological polar surface area (TPSA) is 43.4 Å². The Hall–Kier alpha value is -1.55. The van der Waals surface area contributed by atoms with E-state index in [2.05, 4.69) is 6.92 Å².